The van der Waals surface area contributed by atoms with Gasteiger partial charge < -0.3 is 15.5 Å². The Morgan fingerprint density at radius 1 is 1.10 bits per heavy atom. The molecule has 0 bridgehead atoms. The minimum Gasteiger partial charge on any atom is -0.340 e. The predicted octanol–water partition coefficient (Wildman–Crippen LogP) is 5.52. The molecule has 0 saturated carbocycles. The van der Waals surface area contributed by atoms with E-state index in [0.29, 0.717) is 12.6 Å². The first kappa shape index (κ1) is 22.7. The van der Waals surface area contributed by atoms with Crippen molar-refractivity contribution in [1.29, 1.82) is 0 Å². The number of hydrogen-bond donors (Lipinski definition) is 2. The molecule has 2 heterocycles. The van der Waals surface area contributed by atoms with Gasteiger partial charge in [0.1, 0.15) is 0 Å². The monoisotopic (exact) mass is 424 g/mol. The van der Waals surface area contributed by atoms with Crippen molar-refractivity contribution in [3.63, 3.8) is 0 Å². The quantitative estimate of drug-likeness (QED) is 0.633. The molecule has 1 aromatic heterocycles. The Balaban J connectivity index is 1.92. The lowest BCUT2D eigenvalue weighted by Gasteiger charge is -2.50. The minimum atomic E-state index is 0.0418. The van der Waals surface area contributed by atoms with Crippen LogP contribution in [0.3, 0.4) is 0 Å². The van der Waals surface area contributed by atoms with E-state index in [2.05, 4.69) is 87.2 Å². The number of nitrogens with one attached hydrogen (secondary N) is 2. The van der Waals surface area contributed by atoms with Crippen LogP contribution in [0.4, 0.5) is 5.69 Å². The Morgan fingerprint density at radius 2 is 1.70 bits per heavy atom. The van der Waals surface area contributed by atoms with Crippen LogP contribution in [0.15, 0.2) is 36.5 Å². The highest BCUT2D eigenvalue weighted by Crippen LogP contribution is 2.33. The zero-order valence-electron chi connectivity index (χ0n) is 19.5. The number of nitrogens with zero attached hydrogens (tertiary/aromatic N) is 2. The van der Waals surface area contributed by atoms with Gasteiger partial charge in [0.2, 0.25) is 0 Å². The molecule has 0 aliphatic carbocycles. The van der Waals surface area contributed by atoms with Gasteiger partial charge >= 0.3 is 0 Å². The van der Waals surface area contributed by atoms with Gasteiger partial charge in [-0.1, -0.05) is 23.8 Å². The van der Waals surface area contributed by atoms with Crippen molar-refractivity contribution in [3.8, 4) is 0 Å². The first-order valence-electron chi connectivity index (χ1n) is 10.8. The summed E-state index contributed by atoms with van der Waals surface area (Å²) in [6, 6.07) is 10.8. The van der Waals surface area contributed by atoms with E-state index >= 15 is 0 Å². The van der Waals surface area contributed by atoms with Crippen molar-refractivity contribution in [2.75, 3.05) is 5.32 Å². The topological polar surface area (TPSA) is 40.2 Å². The van der Waals surface area contributed by atoms with E-state index in [-0.39, 0.29) is 11.1 Å². The summed E-state index contributed by atoms with van der Waals surface area (Å²) in [5.41, 5.74) is 5.95. The lowest BCUT2D eigenvalue weighted by molar-refractivity contribution is 0.101. The molecule has 1 fully saturated rings. The Hall–Kier alpha value is -1.98. The zero-order valence-corrected chi connectivity index (χ0v) is 20.3. The summed E-state index contributed by atoms with van der Waals surface area (Å²) in [6.45, 7) is 16.3. The van der Waals surface area contributed by atoms with E-state index in [1.54, 1.807) is 0 Å². The number of thiocarbonyl (C=S) groups is 1. The molecule has 0 spiro atoms. The normalized spacial score (nSPS) is 18.1. The van der Waals surface area contributed by atoms with Crippen LogP contribution in [0.1, 0.15) is 62.9 Å². The Morgan fingerprint density at radius 3 is 2.23 bits per heavy atom. The number of benzene rings is 1. The van der Waals surface area contributed by atoms with Crippen molar-refractivity contribution >= 4 is 23.0 Å². The maximum Gasteiger partial charge on any atom is 0.174 e. The maximum atomic E-state index is 6.01. The van der Waals surface area contributed by atoms with Crippen LogP contribution in [0.2, 0.25) is 0 Å². The van der Waals surface area contributed by atoms with E-state index in [1.807, 2.05) is 18.3 Å². The van der Waals surface area contributed by atoms with Gasteiger partial charge in [-0.25, -0.2) is 0 Å². The molecule has 1 aromatic carbocycles. The number of hydrogen-bond acceptors (Lipinski definition) is 3. The van der Waals surface area contributed by atoms with Crippen molar-refractivity contribution < 1.29 is 0 Å². The van der Waals surface area contributed by atoms with Crippen molar-refractivity contribution in [2.45, 2.75) is 85.0 Å². The fraction of sp³-hybridized carbons (Fsp3) is 0.520. The molecule has 3 rings (SSSR count). The molecule has 162 valence electrons. The number of rotatable bonds is 4. The summed E-state index contributed by atoms with van der Waals surface area (Å²) < 4.78 is 0. The van der Waals surface area contributed by atoms with Crippen LogP contribution < -0.4 is 10.6 Å². The lowest BCUT2D eigenvalue weighted by atomic mass is 9.79. The van der Waals surface area contributed by atoms with Crippen LogP contribution in [-0.2, 0) is 6.54 Å². The van der Waals surface area contributed by atoms with Crippen molar-refractivity contribution in [3.05, 3.63) is 58.9 Å². The summed E-state index contributed by atoms with van der Waals surface area (Å²) in [7, 11) is 0. The van der Waals surface area contributed by atoms with E-state index < -0.39 is 0 Å². The third-order valence-corrected chi connectivity index (χ3v) is 6.17. The molecule has 1 aliphatic rings. The van der Waals surface area contributed by atoms with Gasteiger partial charge in [0.15, 0.2) is 5.11 Å². The molecule has 0 atom stereocenters. The van der Waals surface area contributed by atoms with Crippen molar-refractivity contribution in [2.24, 2.45) is 0 Å². The van der Waals surface area contributed by atoms with Crippen LogP contribution >= 0.6 is 12.2 Å². The highest BCUT2D eigenvalue weighted by Gasteiger charge is 2.40. The van der Waals surface area contributed by atoms with E-state index in [1.165, 1.54) is 16.7 Å². The first-order chi connectivity index (χ1) is 14.0. The van der Waals surface area contributed by atoms with Crippen LogP contribution in [0.5, 0.6) is 0 Å². The molecule has 2 aromatic rings. The van der Waals surface area contributed by atoms with Gasteiger partial charge in [0.25, 0.3) is 0 Å². The number of pyridine rings is 1. The number of aryl methyl sites for hydroxylation is 3. The number of anilines is 1. The third kappa shape index (κ3) is 5.58. The van der Waals surface area contributed by atoms with E-state index in [0.717, 1.165) is 29.3 Å². The Labute approximate surface area is 187 Å². The van der Waals surface area contributed by atoms with Gasteiger partial charge in [-0.2, -0.15) is 0 Å². The van der Waals surface area contributed by atoms with Gasteiger partial charge in [-0.3, -0.25) is 4.98 Å². The second-order valence-electron chi connectivity index (χ2n) is 10.1. The SMILES string of the molecule is Cc1cc(C)c(NC(=S)N(Cc2ccccn2)C2CC(C)(C)NC(C)(C)C2)c(C)c1. The van der Waals surface area contributed by atoms with Gasteiger partial charge in [0.05, 0.1) is 12.2 Å². The van der Waals surface area contributed by atoms with Crippen LogP contribution in [0, 0.1) is 20.8 Å². The molecule has 0 amide bonds. The number of piperidine rings is 1. The maximum absolute atomic E-state index is 6.01. The highest BCUT2D eigenvalue weighted by molar-refractivity contribution is 7.80. The standard InChI is InChI=1S/C25H36N4S/c1-17-12-18(2)22(19(3)13-17)27-23(30)29(16-20-10-8-9-11-26-20)21-14-24(4,5)28-25(6,7)15-21/h8-13,21,28H,14-16H2,1-7H3,(H,27,30). The summed E-state index contributed by atoms with van der Waals surface area (Å²) >= 11 is 6.01. The zero-order chi connectivity index (χ0) is 22.1. The lowest BCUT2D eigenvalue weighted by Crippen LogP contribution is -2.63. The summed E-state index contributed by atoms with van der Waals surface area (Å²) in [5, 5.41) is 8.15. The largest absolute Gasteiger partial charge is 0.340 e. The highest BCUT2D eigenvalue weighted by atomic mass is 32.1. The summed E-state index contributed by atoms with van der Waals surface area (Å²) in [5.74, 6) is 0. The number of aromatic nitrogens is 1. The molecule has 0 radical (unpaired) electrons. The molecule has 2 N–H and O–H groups in total. The smallest absolute Gasteiger partial charge is 0.174 e. The molecule has 1 aliphatic heterocycles. The first-order valence-corrected chi connectivity index (χ1v) is 11.2. The van der Waals surface area contributed by atoms with Gasteiger partial charge in [0, 0.05) is 29.0 Å². The molecular formula is C25H36N4S. The average Bonchev–Trinajstić information content (AvgIpc) is 2.60. The molecule has 30 heavy (non-hydrogen) atoms. The van der Waals surface area contributed by atoms with Gasteiger partial charge in [-0.05, 0) is 96.8 Å². The fourth-order valence-electron chi connectivity index (χ4n) is 5.08. The molecule has 5 heteroatoms. The second-order valence-corrected chi connectivity index (χ2v) is 10.5. The minimum absolute atomic E-state index is 0.0418. The van der Waals surface area contributed by atoms with Gasteiger partial charge in [-0.15, -0.1) is 0 Å². The second kappa shape index (κ2) is 8.64. The summed E-state index contributed by atoms with van der Waals surface area (Å²) in [6.07, 6.45) is 3.91. The van der Waals surface area contributed by atoms with Crippen LogP contribution in [-0.4, -0.2) is 32.1 Å². The molecular weight excluding hydrogens is 388 g/mol. The van der Waals surface area contributed by atoms with Crippen molar-refractivity contribution in [1.82, 2.24) is 15.2 Å². The average molecular weight is 425 g/mol. The third-order valence-electron chi connectivity index (χ3n) is 5.84. The molecule has 4 nitrogen and oxygen atoms in total. The van der Waals surface area contributed by atoms with Crippen LogP contribution in [0.25, 0.3) is 0 Å². The predicted molar refractivity (Wildman–Crippen MR) is 131 cm³/mol. The summed E-state index contributed by atoms with van der Waals surface area (Å²) in [4.78, 5) is 6.93. The molecule has 0 unspecified atom stereocenters. The van der Waals surface area contributed by atoms with E-state index in [4.69, 9.17) is 12.2 Å². The van der Waals surface area contributed by atoms with E-state index in [9.17, 15) is 0 Å². The Bertz CT molecular complexity index is 866. The fourth-order valence-corrected chi connectivity index (χ4v) is 5.39. The molecule has 1 saturated heterocycles. The Kier molecular flexibility index (Phi) is 6.54.